The third kappa shape index (κ3) is 2.90. The summed E-state index contributed by atoms with van der Waals surface area (Å²) in [6, 6.07) is 6.63. The van der Waals surface area contributed by atoms with Gasteiger partial charge in [0.2, 0.25) is 0 Å². The standard InChI is InChI=1S/C8H12N2OS.ClH/c1-2-12(10,11)8-5-3-7(9)4-6-8;/h3-6,10H,2,9H2,1H3;1H. The lowest BCUT2D eigenvalue weighted by molar-refractivity contribution is 0.675. The van der Waals surface area contributed by atoms with Crippen LogP contribution < -0.4 is 5.73 Å². The van der Waals surface area contributed by atoms with Crippen molar-refractivity contribution in [1.82, 2.24) is 0 Å². The van der Waals surface area contributed by atoms with Gasteiger partial charge in [-0.3, -0.25) is 0 Å². The third-order valence-electron chi connectivity index (χ3n) is 1.67. The van der Waals surface area contributed by atoms with Crippen LogP contribution in [0.15, 0.2) is 29.2 Å². The molecule has 1 atom stereocenters. The Morgan fingerprint density at radius 1 is 1.38 bits per heavy atom. The van der Waals surface area contributed by atoms with E-state index in [2.05, 4.69) is 0 Å². The third-order valence-corrected chi connectivity index (χ3v) is 3.51. The summed E-state index contributed by atoms with van der Waals surface area (Å²) >= 11 is 0. The summed E-state index contributed by atoms with van der Waals surface area (Å²) in [5.74, 6) is 0.344. The maximum atomic E-state index is 11.5. The minimum absolute atomic E-state index is 0. The summed E-state index contributed by atoms with van der Waals surface area (Å²) in [4.78, 5) is 0.555. The molecule has 0 saturated carbocycles. The molecule has 1 aromatic rings. The summed E-state index contributed by atoms with van der Waals surface area (Å²) in [5, 5.41) is 0. The van der Waals surface area contributed by atoms with Crippen LogP contribution in [0.3, 0.4) is 0 Å². The van der Waals surface area contributed by atoms with Crippen molar-refractivity contribution >= 4 is 27.8 Å². The lowest BCUT2D eigenvalue weighted by Gasteiger charge is -2.03. The van der Waals surface area contributed by atoms with Gasteiger partial charge in [-0.05, 0) is 24.3 Å². The van der Waals surface area contributed by atoms with Gasteiger partial charge < -0.3 is 5.73 Å². The van der Waals surface area contributed by atoms with Crippen molar-refractivity contribution in [2.45, 2.75) is 11.8 Å². The Hall–Kier alpha value is -0.740. The average Bonchev–Trinajstić information content (AvgIpc) is 2.05. The molecule has 0 heterocycles. The fourth-order valence-corrected chi connectivity index (χ4v) is 1.76. The lowest BCUT2D eigenvalue weighted by Crippen LogP contribution is -2.01. The van der Waals surface area contributed by atoms with E-state index in [0.717, 1.165) is 0 Å². The van der Waals surface area contributed by atoms with Crippen LogP contribution in [-0.2, 0) is 9.73 Å². The first-order valence-electron chi connectivity index (χ1n) is 3.68. The van der Waals surface area contributed by atoms with E-state index >= 15 is 0 Å². The lowest BCUT2D eigenvalue weighted by atomic mass is 10.3. The van der Waals surface area contributed by atoms with Crippen LogP contribution in [-0.4, -0.2) is 9.96 Å². The molecule has 0 spiro atoms. The number of benzene rings is 1. The van der Waals surface area contributed by atoms with Crippen LogP contribution in [0.4, 0.5) is 5.69 Å². The number of hydrogen-bond donors (Lipinski definition) is 2. The van der Waals surface area contributed by atoms with Crippen molar-refractivity contribution in [3.05, 3.63) is 24.3 Å². The minimum atomic E-state index is -2.57. The molecule has 1 rings (SSSR count). The molecule has 74 valence electrons. The number of hydrogen-bond acceptors (Lipinski definition) is 3. The van der Waals surface area contributed by atoms with Gasteiger partial charge in [-0.1, -0.05) is 6.92 Å². The van der Waals surface area contributed by atoms with E-state index in [1.165, 1.54) is 0 Å². The Labute approximate surface area is 84.7 Å². The fourth-order valence-electron chi connectivity index (χ4n) is 0.854. The van der Waals surface area contributed by atoms with E-state index < -0.39 is 9.73 Å². The van der Waals surface area contributed by atoms with E-state index in [4.69, 9.17) is 10.5 Å². The Morgan fingerprint density at radius 2 is 1.85 bits per heavy atom. The van der Waals surface area contributed by atoms with Crippen molar-refractivity contribution in [2.75, 3.05) is 11.5 Å². The first kappa shape index (κ1) is 12.3. The zero-order valence-electron chi connectivity index (χ0n) is 7.32. The zero-order chi connectivity index (χ0) is 9.19. The van der Waals surface area contributed by atoms with Gasteiger partial charge in [-0.2, -0.15) is 0 Å². The number of nitrogens with two attached hydrogens (primary N) is 1. The van der Waals surface area contributed by atoms with E-state index in [1.54, 1.807) is 31.2 Å². The van der Waals surface area contributed by atoms with Crippen LogP contribution in [0.1, 0.15) is 6.92 Å². The van der Waals surface area contributed by atoms with Crippen LogP contribution in [0.5, 0.6) is 0 Å². The summed E-state index contributed by atoms with van der Waals surface area (Å²) in [5.41, 5.74) is 6.09. The second-order valence-corrected chi connectivity index (χ2v) is 4.93. The molecule has 0 aromatic heterocycles. The zero-order valence-corrected chi connectivity index (χ0v) is 8.95. The van der Waals surface area contributed by atoms with Gasteiger partial charge >= 0.3 is 0 Å². The highest BCUT2D eigenvalue weighted by atomic mass is 35.5. The summed E-state index contributed by atoms with van der Waals surface area (Å²) in [6.45, 7) is 1.74. The normalized spacial score (nSPS) is 14.2. The van der Waals surface area contributed by atoms with Crippen LogP contribution in [0, 0.1) is 4.78 Å². The average molecular weight is 221 g/mol. The predicted octanol–water partition coefficient (Wildman–Crippen LogP) is 2.12. The second kappa shape index (κ2) is 4.48. The Balaban J connectivity index is 0.00000144. The number of rotatable bonds is 2. The Kier molecular flexibility index (Phi) is 4.23. The van der Waals surface area contributed by atoms with Gasteiger partial charge in [-0.15, -0.1) is 12.4 Å². The highest BCUT2D eigenvalue weighted by Crippen LogP contribution is 2.13. The van der Waals surface area contributed by atoms with Crippen LogP contribution in [0.2, 0.25) is 0 Å². The molecule has 3 N–H and O–H groups in total. The quantitative estimate of drug-likeness (QED) is 0.750. The van der Waals surface area contributed by atoms with Crippen molar-refractivity contribution in [2.24, 2.45) is 0 Å². The van der Waals surface area contributed by atoms with E-state index in [0.29, 0.717) is 16.3 Å². The minimum Gasteiger partial charge on any atom is -0.399 e. The molecular formula is C8H13ClN2OS. The number of halogens is 1. The summed E-state index contributed by atoms with van der Waals surface area (Å²) < 4.78 is 19.0. The van der Waals surface area contributed by atoms with Crippen LogP contribution >= 0.6 is 12.4 Å². The first-order chi connectivity index (χ1) is 5.56. The Morgan fingerprint density at radius 3 is 2.23 bits per heavy atom. The van der Waals surface area contributed by atoms with E-state index in [-0.39, 0.29) is 12.4 Å². The molecule has 0 amide bonds. The molecule has 0 bridgehead atoms. The molecular weight excluding hydrogens is 208 g/mol. The number of nitrogens with one attached hydrogen (secondary N) is 1. The second-order valence-electron chi connectivity index (χ2n) is 2.53. The molecule has 0 aliphatic rings. The summed E-state index contributed by atoms with van der Waals surface area (Å²) in [6.07, 6.45) is 0. The Bertz CT molecular complexity index is 358. The van der Waals surface area contributed by atoms with Gasteiger partial charge in [0.1, 0.15) is 0 Å². The SMILES string of the molecule is CCS(=N)(=O)c1ccc(N)cc1.Cl. The highest BCUT2D eigenvalue weighted by Gasteiger charge is 2.05. The topological polar surface area (TPSA) is 66.9 Å². The van der Waals surface area contributed by atoms with E-state index in [1.807, 2.05) is 0 Å². The molecule has 13 heavy (non-hydrogen) atoms. The van der Waals surface area contributed by atoms with Crippen molar-refractivity contribution < 1.29 is 4.21 Å². The smallest absolute Gasteiger partial charge is 0.0723 e. The molecule has 3 nitrogen and oxygen atoms in total. The predicted molar refractivity (Wildman–Crippen MR) is 57.8 cm³/mol. The largest absolute Gasteiger partial charge is 0.399 e. The fraction of sp³-hybridized carbons (Fsp3) is 0.250. The molecule has 0 fully saturated rings. The maximum Gasteiger partial charge on any atom is 0.0723 e. The van der Waals surface area contributed by atoms with E-state index in [9.17, 15) is 4.21 Å². The van der Waals surface area contributed by atoms with Crippen molar-refractivity contribution in [1.29, 1.82) is 4.78 Å². The van der Waals surface area contributed by atoms with Crippen molar-refractivity contribution in [3.63, 3.8) is 0 Å². The molecule has 0 radical (unpaired) electrons. The molecule has 1 aromatic carbocycles. The molecule has 0 aliphatic carbocycles. The first-order valence-corrected chi connectivity index (χ1v) is 5.41. The number of nitrogen functional groups attached to an aromatic ring is 1. The van der Waals surface area contributed by atoms with Gasteiger partial charge in [0, 0.05) is 16.3 Å². The molecule has 1 unspecified atom stereocenters. The van der Waals surface area contributed by atoms with Gasteiger partial charge in [0.05, 0.1) is 9.73 Å². The maximum absolute atomic E-state index is 11.5. The molecule has 5 heteroatoms. The van der Waals surface area contributed by atoms with Gasteiger partial charge in [-0.25, -0.2) is 8.99 Å². The molecule has 0 aliphatic heterocycles. The van der Waals surface area contributed by atoms with Gasteiger partial charge in [0.25, 0.3) is 0 Å². The number of anilines is 1. The van der Waals surface area contributed by atoms with Crippen LogP contribution in [0.25, 0.3) is 0 Å². The van der Waals surface area contributed by atoms with Crippen molar-refractivity contribution in [3.8, 4) is 0 Å². The monoisotopic (exact) mass is 220 g/mol. The van der Waals surface area contributed by atoms with Gasteiger partial charge in [0.15, 0.2) is 0 Å². The summed E-state index contributed by atoms with van der Waals surface area (Å²) in [7, 11) is -2.57. The highest BCUT2D eigenvalue weighted by molar-refractivity contribution is 7.92. The molecule has 0 saturated heterocycles.